The molecule has 5 atom stereocenters. The fourth-order valence-corrected chi connectivity index (χ4v) is 11.0. The molecule has 1 radical (unpaired) electrons. The molecule has 4 aliphatic heterocycles. The number of nitrogens with zero attached hydrogens (tertiary/aromatic N) is 3. The molecule has 2 bridgehead atoms. The molecule has 12 heteroatoms. The van der Waals surface area contributed by atoms with E-state index in [0.717, 1.165) is 59.9 Å². The minimum atomic E-state index is -0.539. The predicted molar refractivity (Wildman–Crippen MR) is 202 cm³/mol. The molecule has 11 nitrogen and oxygen atoms in total. The average molecular weight is 968 g/mol. The Morgan fingerprint density at radius 2 is 1.65 bits per heavy atom. The first kappa shape index (κ1) is 40.6. The van der Waals surface area contributed by atoms with Crippen molar-refractivity contribution in [3.05, 3.63) is 39.4 Å². The molecule has 8 rings (SSSR count). The monoisotopic (exact) mass is 967 g/mol. The van der Waals surface area contributed by atoms with Gasteiger partial charge in [0.05, 0.1) is 25.3 Å². The van der Waals surface area contributed by atoms with E-state index in [9.17, 15) is 20.0 Å². The molecule has 2 aromatic carbocycles. The summed E-state index contributed by atoms with van der Waals surface area (Å²) in [5, 5.41) is 26.2. The van der Waals surface area contributed by atoms with Gasteiger partial charge in [0.15, 0.2) is 23.0 Å². The van der Waals surface area contributed by atoms with Crippen molar-refractivity contribution >= 4 is 11.9 Å². The van der Waals surface area contributed by atoms with Crippen molar-refractivity contribution in [2.75, 3.05) is 27.5 Å². The maximum atomic E-state index is 13.7. The summed E-state index contributed by atoms with van der Waals surface area (Å²) in [4.78, 5) is 31.8. The molecule has 2 aromatic rings. The van der Waals surface area contributed by atoms with Crippen molar-refractivity contribution in [2.24, 2.45) is 11.8 Å². The number of aryl methyl sites for hydroxylation is 1. The van der Waals surface area contributed by atoms with Crippen LogP contribution in [-0.4, -0.2) is 72.4 Å². The van der Waals surface area contributed by atoms with Crippen molar-refractivity contribution in [3.8, 4) is 34.8 Å². The van der Waals surface area contributed by atoms with E-state index in [-0.39, 0.29) is 93.2 Å². The molecular weight excluding hydrogens is 911 g/mol. The molecule has 2 saturated carbocycles. The van der Waals surface area contributed by atoms with Crippen LogP contribution in [0.25, 0.3) is 0 Å². The molecule has 55 heavy (non-hydrogen) atoms. The molecule has 293 valence electrons. The topological polar surface area (TPSA) is 134 Å². The number of phenolic OH excluding ortho intramolecular Hbond substituents is 1. The fourth-order valence-electron chi connectivity index (χ4n) is 11.0. The molecule has 0 aromatic heterocycles. The van der Waals surface area contributed by atoms with Crippen LogP contribution in [-0.2, 0) is 22.4 Å². The Hall–Kier alpha value is -2.57. The minimum absolute atomic E-state index is 0. The third kappa shape index (κ3) is 7.50. The number of methoxy groups -OCH3 is 1. The summed E-state index contributed by atoms with van der Waals surface area (Å²) in [7, 11) is 3.68. The molecule has 1 saturated heterocycles. The van der Waals surface area contributed by atoms with E-state index in [2.05, 4.69) is 34.3 Å². The normalized spacial score (nSPS) is 26.1. The van der Waals surface area contributed by atoms with Gasteiger partial charge in [0.25, 0.3) is 0 Å². The van der Waals surface area contributed by atoms with Gasteiger partial charge in [-0.1, -0.05) is 57.4 Å². The zero-order valence-electron chi connectivity index (χ0n) is 33.0. The van der Waals surface area contributed by atoms with Crippen LogP contribution in [0, 0.1) is 81.1 Å². The maximum Gasteiger partial charge on any atom is 0.311 e. The van der Waals surface area contributed by atoms with Gasteiger partial charge >= 0.3 is 5.97 Å². The number of aromatic hydroxyl groups is 1. The number of likely N-dealkylation sites (N-methyl/N-ethyl adjacent to an activating group) is 1. The van der Waals surface area contributed by atoms with E-state index in [4.69, 9.17) is 18.9 Å². The molecule has 3 fully saturated rings. The van der Waals surface area contributed by atoms with Crippen LogP contribution in [0.3, 0.4) is 0 Å². The number of rotatable bonds is 9. The summed E-state index contributed by atoms with van der Waals surface area (Å²) in [6.45, 7) is 4.11. The van der Waals surface area contributed by atoms with Crippen LogP contribution in [0.2, 0.25) is 0 Å². The Kier molecular flexibility index (Phi) is 12.6. The van der Waals surface area contributed by atoms with Gasteiger partial charge in [-0.3, -0.25) is 19.4 Å². The van der Waals surface area contributed by atoms with Crippen LogP contribution < -0.4 is 24.3 Å². The van der Waals surface area contributed by atoms with Gasteiger partial charge in [0.2, 0.25) is 12.7 Å². The number of carbonyl (C=O) groups is 2. The number of esters is 1. The summed E-state index contributed by atoms with van der Waals surface area (Å²) >= 11 is 0. The first-order chi connectivity index (χ1) is 26.2. The number of nitrogens with one attached hydrogen (secondary N) is 1. The van der Waals surface area contributed by atoms with Crippen LogP contribution in [0.4, 0.5) is 0 Å². The smallest absolute Gasteiger partial charge is 0.311 e. The molecule has 6 aliphatic rings. The second-order valence-corrected chi connectivity index (χ2v) is 16.8. The molecule has 2 aliphatic carbocycles. The standard InChI is InChI=1S/C43H56N4O7.Ac/c1-24-17-28-19-30-32(21-44)47-31(38(46(30)3)36(28)43(40(24)51-4)54-35(49)16-15-26-11-7-5-8-12-26)20-29-37(42-41(52-23-53-42)25(2)39(29)50)33(47)22-45-34(48)18-27-13-9-6-10-14-27;/h17,26-27,30-33,38,50H,5-16,18-20,22-23H2,1-4H3,(H,45,48);/t30-,31?,32-,33-,38-;/m0./s1. The van der Waals surface area contributed by atoms with Crippen LogP contribution in [0.15, 0.2) is 6.07 Å². The van der Waals surface area contributed by atoms with Crippen molar-refractivity contribution in [2.45, 2.75) is 140 Å². The Bertz CT molecular complexity index is 1830. The molecular formula is C43H56AcN4O7. The first-order valence-electron chi connectivity index (χ1n) is 20.4. The number of nitriles is 1. The van der Waals surface area contributed by atoms with Crippen molar-refractivity contribution in [1.29, 1.82) is 5.26 Å². The summed E-state index contributed by atoms with van der Waals surface area (Å²) in [5.74, 6) is 2.93. The van der Waals surface area contributed by atoms with Gasteiger partial charge in [-0.2, -0.15) is 5.26 Å². The number of amides is 1. The fraction of sp³-hybridized carbons (Fsp3) is 0.651. The third-order valence-corrected chi connectivity index (χ3v) is 13.7. The summed E-state index contributed by atoms with van der Waals surface area (Å²) in [6, 6.07) is 2.99. The van der Waals surface area contributed by atoms with E-state index in [1.807, 2.05) is 13.8 Å². The number of benzene rings is 2. The van der Waals surface area contributed by atoms with E-state index >= 15 is 0 Å². The quantitative estimate of drug-likeness (QED) is 0.203. The SMILES string of the molecule is COc1c(C)cc2c(c1OC(=O)CCC1CCCCC1)[C@@H]1C3Cc4c(O)c(C)c5c(c4[C@H](CNC(=O)CC4CCCCC4)N3[C@@H](C#N)[C@H](C2)N1C)OCO5.[Ac]. The van der Waals surface area contributed by atoms with Gasteiger partial charge in [-0.05, 0) is 76.0 Å². The number of piperazine rings is 1. The second-order valence-electron chi connectivity index (χ2n) is 16.8. The Labute approximate surface area is 361 Å². The van der Waals surface area contributed by atoms with Crippen LogP contribution >= 0.6 is 0 Å². The summed E-state index contributed by atoms with van der Waals surface area (Å²) in [6.07, 6.45) is 14.4. The number of phenols is 1. The van der Waals surface area contributed by atoms with Crippen molar-refractivity contribution in [3.63, 3.8) is 0 Å². The number of ether oxygens (including phenoxy) is 4. The molecule has 0 spiro atoms. The van der Waals surface area contributed by atoms with Gasteiger partial charge < -0.3 is 29.4 Å². The Morgan fingerprint density at radius 1 is 0.964 bits per heavy atom. The van der Waals surface area contributed by atoms with Crippen molar-refractivity contribution < 1.29 is 77.7 Å². The van der Waals surface area contributed by atoms with Gasteiger partial charge in [0, 0.05) is 97.8 Å². The van der Waals surface area contributed by atoms with Gasteiger partial charge in [-0.15, -0.1) is 0 Å². The Balaban J connectivity index is 0.00000465. The molecule has 1 unspecified atom stereocenters. The zero-order chi connectivity index (χ0) is 37.7. The number of hydrogen-bond acceptors (Lipinski definition) is 10. The maximum absolute atomic E-state index is 13.7. The first-order valence-corrected chi connectivity index (χ1v) is 20.4. The number of carbonyl (C=O) groups excluding carboxylic acids is 2. The third-order valence-electron chi connectivity index (χ3n) is 13.7. The minimum Gasteiger partial charge on any atom is -0.507 e. The van der Waals surface area contributed by atoms with E-state index in [1.165, 1.54) is 38.5 Å². The van der Waals surface area contributed by atoms with Gasteiger partial charge in [-0.25, -0.2) is 0 Å². The van der Waals surface area contributed by atoms with E-state index in [0.29, 0.717) is 66.1 Å². The molecule has 2 N–H and O–H groups in total. The van der Waals surface area contributed by atoms with Crippen LogP contribution in [0.1, 0.15) is 129 Å². The zero-order valence-corrected chi connectivity index (χ0v) is 37.7. The van der Waals surface area contributed by atoms with Crippen molar-refractivity contribution in [1.82, 2.24) is 15.1 Å². The van der Waals surface area contributed by atoms with Gasteiger partial charge in [0.1, 0.15) is 11.8 Å². The second kappa shape index (κ2) is 17.1. The average Bonchev–Trinajstić information content (AvgIpc) is 3.67. The Morgan fingerprint density at radius 3 is 2.35 bits per heavy atom. The predicted octanol–water partition coefficient (Wildman–Crippen LogP) is 6.87. The van der Waals surface area contributed by atoms with E-state index in [1.54, 1.807) is 7.11 Å². The molecule has 1 amide bonds. The largest absolute Gasteiger partial charge is 0.507 e. The summed E-state index contributed by atoms with van der Waals surface area (Å²) < 4.78 is 24.5. The molecule has 4 heterocycles. The summed E-state index contributed by atoms with van der Waals surface area (Å²) in [5.41, 5.74) is 4.96. The number of fused-ring (bicyclic) bond motifs is 9. The van der Waals surface area contributed by atoms with Crippen LogP contribution in [0.5, 0.6) is 28.7 Å². The number of hydrogen-bond donors (Lipinski definition) is 2. The van der Waals surface area contributed by atoms with E-state index < -0.39 is 12.1 Å².